The summed E-state index contributed by atoms with van der Waals surface area (Å²) in [4.78, 5) is 0.0262. The van der Waals surface area contributed by atoms with E-state index in [1.54, 1.807) is 0 Å². The van der Waals surface area contributed by atoms with E-state index in [-0.39, 0.29) is 35.3 Å². The molecule has 1 heterocycles. The van der Waals surface area contributed by atoms with Crippen molar-refractivity contribution in [3.8, 4) is 5.75 Å². The summed E-state index contributed by atoms with van der Waals surface area (Å²) in [6, 6.07) is 7.70. The maximum Gasteiger partial charge on any atom is 0.188 e. The minimum Gasteiger partial charge on any atom is -0.490 e. The van der Waals surface area contributed by atoms with Gasteiger partial charge >= 0.3 is 0 Å². The molecule has 1 fully saturated rings. The van der Waals surface area contributed by atoms with Crippen LogP contribution < -0.4 is 4.74 Å². The Morgan fingerprint density at radius 2 is 1.86 bits per heavy atom. The van der Waals surface area contributed by atoms with Crippen molar-refractivity contribution in [2.75, 3.05) is 13.2 Å². The normalized spacial score (nSPS) is 26.3. The van der Waals surface area contributed by atoms with Gasteiger partial charge in [-0.1, -0.05) is 11.6 Å². The Labute approximate surface area is 173 Å². The third-order valence-corrected chi connectivity index (χ3v) is 8.81. The number of hydrogen-bond acceptors (Lipinski definition) is 4. The highest BCUT2D eigenvalue weighted by atomic mass is 35.5. The van der Waals surface area contributed by atoms with E-state index in [1.807, 2.05) is 6.92 Å². The van der Waals surface area contributed by atoms with E-state index in [9.17, 15) is 12.8 Å². The molecule has 1 aliphatic heterocycles. The van der Waals surface area contributed by atoms with Crippen molar-refractivity contribution in [1.82, 2.24) is 0 Å². The van der Waals surface area contributed by atoms with Crippen LogP contribution in [0.2, 0.25) is 5.02 Å². The predicted molar refractivity (Wildman–Crippen MR) is 105 cm³/mol. The summed E-state index contributed by atoms with van der Waals surface area (Å²) >= 11 is 5.92. The molecule has 0 spiro atoms. The molecule has 0 aromatic heterocycles. The Kier molecular flexibility index (Phi) is 5.34. The molecule has 2 aromatic carbocycles. The SMILES string of the molecule is CCOC1CCC2(S(=O)(=O)c3ccc(Cl)cc3)c3c(F)ccc(F)c3OCC2C1. The number of sulfone groups is 1. The van der Waals surface area contributed by atoms with Crippen molar-refractivity contribution in [3.63, 3.8) is 0 Å². The fraction of sp³-hybridized carbons (Fsp3) is 0.429. The van der Waals surface area contributed by atoms with Gasteiger partial charge in [-0.2, -0.15) is 0 Å². The number of rotatable bonds is 4. The lowest BCUT2D eigenvalue weighted by molar-refractivity contribution is -0.0100. The summed E-state index contributed by atoms with van der Waals surface area (Å²) in [6.07, 6.45) is 0.771. The predicted octanol–water partition coefficient (Wildman–Crippen LogP) is 4.89. The second-order valence-corrected chi connectivity index (χ2v) is 10.1. The molecule has 3 atom stereocenters. The molecule has 4 nitrogen and oxygen atoms in total. The van der Waals surface area contributed by atoms with Crippen LogP contribution in [0.25, 0.3) is 0 Å². The maximum absolute atomic E-state index is 15.1. The van der Waals surface area contributed by atoms with Crippen LogP contribution in [0.5, 0.6) is 5.75 Å². The molecule has 0 bridgehead atoms. The molecule has 4 rings (SSSR count). The standard InChI is InChI=1S/C21H21ClF2O4S/c1-2-27-15-9-10-21(29(25,26)16-5-3-14(22)4-6-16)13(11-15)12-28-20-18(24)8-7-17(23)19(20)21/h3-8,13,15H,2,9-12H2,1H3. The number of halogens is 3. The summed E-state index contributed by atoms with van der Waals surface area (Å²) < 4.78 is 67.0. The first-order chi connectivity index (χ1) is 13.8. The van der Waals surface area contributed by atoms with Gasteiger partial charge < -0.3 is 9.47 Å². The molecule has 2 aliphatic rings. The van der Waals surface area contributed by atoms with Gasteiger partial charge in [0.1, 0.15) is 10.6 Å². The van der Waals surface area contributed by atoms with Crippen molar-refractivity contribution >= 4 is 21.4 Å². The molecule has 156 valence electrons. The Balaban J connectivity index is 1.95. The van der Waals surface area contributed by atoms with Gasteiger partial charge in [-0.3, -0.25) is 0 Å². The molecule has 0 amide bonds. The Hall–Kier alpha value is -1.70. The fourth-order valence-corrected chi connectivity index (χ4v) is 7.18. The average molecular weight is 443 g/mol. The lowest BCUT2D eigenvalue weighted by Crippen LogP contribution is -2.53. The van der Waals surface area contributed by atoms with Gasteiger partial charge in [-0.05, 0) is 62.6 Å². The first-order valence-corrected chi connectivity index (χ1v) is 11.4. The smallest absolute Gasteiger partial charge is 0.188 e. The molecular weight excluding hydrogens is 422 g/mol. The van der Waals surface area contributed by atoms with E-state index < -0.39 is 32.1 Å². The highest BCUT2D eigenvalue weighted by Gasteiger charge is 2.59. The number of hydrogen-bond donors (Lipinski definition) is 0. The maximum atomic E-state index is 15.1. The number of fused-ring (bicyclic) bond motifs is 3. The molecule has 0 radical (unpaired) electrons. The Morgan fingerprint density at radius 1 is 1.17 bits per heavy atom. The van der Waals surface area contributed by atoms with Gasteiger partial charge in [-0.25, -0.2) is 17.2 Å². The lowest BCUT2D eigenvalue weighted by atomic mass is 9.72. The van der Waals surface area contributed by atoms with Crippen molar-refractivity contribution in [2.24, 2.45) is 5.92 Å². The Bertz CT molecular complexity index is 1030. The van der Waals surface area contributed by atoms with Crippen molar-refractivity contribution < 1.29 is 26.7 Å². The zero-order valence-corrected chi connectivity index (χ0v) is 17.4. The van der Waals surface area contributed by atoms with Crippen LogP contribution >= 0.6 is 11.6 Å². The van der Waals surface area contributed by atoms with Crippen LogP contribution in [-0.4, -0.2) is 27.7 Å². The summed E-state index contributed by atoms with van der Waals surface area (Å²) in [5.41, 5.74) is -0.210. The lowest BCUT2D eigenvalue weighted by Gasteiger charge is -2.48. The third-order valence-electron chi connectivity index (χ3n) is 5.96. The first-order valence-electron chi connectivity index (χ1n) is 9.54. The highest BCUT2D eigenvalue weighted by molar-refractivity contribution is 7.92. The van der Waals surface area contributed by atoms with E-state index >= 15 is 4.39 Å². The van der Waals surface area contributed by atoms with Gasteiger partial charge in [0.15, 0.2) is 21.4 Å². The van der Waals surface area contributed by atoms with Gasteiger partial charge in [0, 0.05) is 17.5 Å². The summed E-state index contributed by atoms with van der Waals surface area (Å²) in [5.74, 6) is -2.43. The van der Waals surface area contributed by atoms with Gasteiger partial charge in [0.2, 0.25) is 0 Å². The summed E-state index contributed by atoms with van der Waals surface area (Å²) in [5, 5.41) is 0.391. The highest BCUT2D eigenvalue weighted by Crippen LogP contribution is 2.56. The monoisotopic (exact) mass is 442 g/mol. The topological polar surface area (TPSA) is 52.6 Å². The van der Waals surface area contributed by atoms with E-state index in [1.165, 1.54) is 24.3 Å². The minimum absolute atomic E-state index is 0.0240. The van der Waals surface area contributed by atoms with Gasteiger partial charge in [0.05, 0.1) is 23.2 Å². The van der Waals surface area contributed by atoms with Gasteiger partial charge in [-0.15, -0.1) is 0 Å². The summed E-state index contributed by atoms with van der Waals surface area (Å²) in [6.45, 7) is 2.34. The Morgan fingerprint density at radius 3 is 2.55 bits per heavy atom. The number of ether oxygens (including phenoxy) is 2. The second-order valence-electron chi connectivity index (χ2n) is 7.44. The molecule has 1 saturated carbocycles. The van der Waals surface area contributed by atoms with E-state index in [2.05, 4.69) is 0 Å². The number of benzene rings is 2. The molecule has 0 saturated heterocycles. The molecule has 0 N–H and O–H groups in total. The van der Waals surface area contributed by atoms with Crippen LogP contribution in [0.15, 0.2) is 41.3 Å². The van der Waals surface area contributed by atoms with Crippen molar-refractivity contribution in [2.45, 2.75) is 41.9 Å². The van der Waals surface area contributed by atoms with Gasteiger partial charge in [0.25, 0.3) is 0 Å². The van der Waals surface area contributed by atoms with Crippen molar-refractivity contribution in [3.05, 3.63) is 58.6 Å². The largest absolute Gasteiger partial charge is 0.490 e. The minimum atomic E-state index is -4.09. The van der Waals surface area contributed by atoms with Crippen LogP contribution in [-0.2, 0) is 19.3 Å². The molecular formula is C21H21ClF2O4S. The quantitative estimate of drug-likeness (QED) is 0.676. The fourth-order valence-electron chi connectivity index (χ4n) is 4.69. The second kappa shape index (κ2) is 7.52. The van der Waals surface area contributed by atoms with Crippen LogP contribution in [0.1, 0.15) is 31.7 Å². The molecule has 2 aromatic rings. The molecule has 8 heteroatoms. The average Bonchev–Trinajstić information content (AvgIpc) is 2.70. The van der Waals surface area contributed by atoms with Crippen LogP contribution in [0.3, 0.4) is 0 Å². The summed E-state index contributed by atoms with van der Waals surface area (Å²) in [7, 11) is -4.09. The van der Waals surface area contributed by atoms with Crippen molar-refractivity contribution in [1.29, 1.82) is 0 Å². The molecule has 1 aliphatic carbocycles. The zero-order chi connectivity index (χ0) is 20.8. The molecule has 3 unspecified atom stereocenters. The van der Waals surface area contributed by atoms with E-state index in [4.69, 9.17) is 21.1 Å². The zero-order valence-electron chi connectivity index (χ0n) is 15.8. The first kappa shape index (κ1) is 20.6. The van der Waals surface area contributed by atoms with Crippen LogP contribution in [0, 0.1) is 17.6 Å². The third kappa shape index (κ3) is 3.14. The van der Waals surface area contributed by atoms with E-state index in [0.29, 0.717) is 24.5 Å². The van der Waals surface area contributed by atoms with Crippen LogP contribution in [0.4, 0.5) is 8.78 Å². The van der Waals surface area contributed by atoms with E-state index in [0.717, 1.165) is 12.1 Å². The molecule has 29 heavy (non-hydrogen) atoms.